The lowest BCUT2D eigenvalue weighted by molar-refractivity contribution is 0.555. The molecular formula is C11H12ClF2NO2S. The second-order valence-electron chi connectivity index (χ2n) is 4.31. The van der Waals surface area contributed by atoms with Gasteiger partial charge in [-0.3, -0.25) is 0 Å². The Morgan fingerprint density at radius 2 is 1.83 bits per heavy atom. The average molecular weight is 296 g/mol. The van der Waals surface area contributed by atoms with Crippen LogP contribution in [-0.4, -0.2) is 26.0 Å². The van der Waals surface area contributed by atoms with Gasteiger partial charge in [0.15, 0.2) is 5.82 Å². The summed E-state index contributed by atoms with van der Waals surface area (Å²) >= 11 is 5.75. The van der Waals surface area contributed by atoms with E-state index < -0.39 is 21.5 Å². The van der Waals surface area contributed by atoms with E-state index in [9.17, 15) is 17.2 Å². The molecule has 1 aliphatic rings. The highest BCUT2D eigenvalue weighted by Crippen LogP contribution is 2.28. The lowest BCUT2D eigenvalue weighted by atomic mass is 10.1. The molecule has 100 valence electrons. The molecule has 0 aromatic heterocycles. The highest BCUT2D eigenvalue weighted by atomic mass is 35.5. The van der Waals surface area contributed by atoms with E-state index in [0.29, 0.717) is 12.8 Å². The standard InChI is InChI=1S/C11H12ClF2NO2S/c12-9-5-7(13)6-10(14)11(9)15-8-1-3-18(16,17)4-2-8/h5-6,8,15H,1-4H2. The van der Waals surface area contributed by atoms with Crippen LogP contribution in [0, 0.1) is 11.6 Å². The van der Waals surface area contributed by atoms with E-state index in [2.05, 4.69) is 5.32 Å². The van der Waals surface area contributed by atoms with Crippen molar-refractivity contribution in [3.05, 3.63) is 28.8 Å². The van der Waals surface area contributed by atoms with Gasteiger partial charge in [0.05, 0.1) is 22.2 Å². The van der Waals surface area contributed by atoms with Gasteiger partial charge in [0.25, 0.3) is 0 Å². The predicted molar refractivity (Wildman–Crippen MR) is 66.7 cm³/mol. The van der Waals surface area contributed by atoms with Gasteiger partial charge in [-0.1, -0.05) is 11.6 Å². The Bertz CT molecular complexity index is 525. The van der Waals surface area contributed by atoms with E-state index in [1.54, 1.807) is 0 Å². The molecule has 1 aromatic carbocycles. The summed E-state index contributed by atoms with van der Waals surface area (Å²) in [4.78, 5) is 0. The molecule has 3 nitrogen and oxygen atoms in total. The van der Waals surface area contributed by atoms with Crippen LogP contribution in [-0.2, 0) is 9.84 Å². The van der Waals surface area contributed by atoms with Crippen molar-refractivity contribution in [1.29, 1.82) is 0 Å². The fourth-order valence-corrected chi connectivity index (χ4v) is 3.66. The summed E-state index contributed by atoms with van der Waals surface area (Å²) in [6.45, 7) is 0. The van der Waals surface area contributed by atoms with Crippen LogP contribution in [0.1, 0.15) is 12.8 Å². The monoisotopic (exact) mass is 295 g/mol. The molecule has 7 heteroatoms. The smallest absolute Gasteiger partial charge is 0.150 e. The Labute approximate surface area is 109 Å². The van der Waals surface area contributed by atoms with Crippen LogP contribution in [0.25, 0.3) is 0 Å². The van der Waals surface area contributed by atoms with Gasteiger partial charge in [-0.2, -0.15) is 0 Å². The Kier molecular flexibility index (Phi) is 3.77. The second kappa shape index (κ2) is 5.01. The van der Waals surface area contributed by atoms with E-state index in [0.717, 1.165) is 12.1 Å². The molecule has 0 spiro atoms. The molecule has 0 radical (unpaired) electrons. The van der Waals surface area contributed by atoms with Gasteiger partial charge in [0, 0.05) is 12.1 Å². The normalized spacial score (nSPS) is 19.7. The topological polar surface area (TPSA) is 46.2 Å². The molecule has 0 saturated carbocycles. The van der Waals surface area contributed by atoms with Crippen molar-refractivity contribution in [3.63, 3.8) is 0 Å². The quantitative estimate of drug-likeness (QED) is 0.912. The summed E-state index contributed by atoms with van der Waals surface area (Å²) in [6, 6.07) is 1.60. The number of hydrogen-bond acceptors (Lipinski definition) is 3. The molecule has 1 aliphatic heterocycles. The fourth-order valence-electron chi connectivity index (χ4n) is 1.92. The summed E-state index contributed by atoms with van der Waals surface area (Å²) in [5.41, 5.74) is 0.0300. The third-order valence-electron chi connectivity index (χ3n) is 2.91. The Morgan fingerprint density at radius 3 is 2.39 bits per heavy atom. The van der Waals surface area contributed by atoms with Crippen LogP contribution in [0.5, 0.6) is 0 Å². The van der Waals surface area contributed by atoms with E-state index in [1.165, 1.54) is 0 Å². The molecule has 18 heavy (non-hydrogen) atoms. The van der Waals surface area contributed by atoms with Gasteiger partial charge in [0.2, 0.25) is 0 Å². The van der Waals surface area contributed by atoms with Crippen molar-refractivity contribution < 1.29 is 17.2 Å². The first-order valence-corrected chi connectivity index (χ1v) is 7.69. The molecular weight excluding hydrogens is 284 g/mol. The number of anilines is 1. The van der Waals surface area contributed by atoms with Crippen LogP contribution in [0.2, 0.25) is 5.02 Å². The lowest BCUT2D eigenvalue weighted by Crippen LogP contribution is -2.32. The molecule has 0 amide bonds. The predicted octanol–water partition coefficient (Wildman–Crippen LogP) is 2.61. The molecule has 0 unspecified atom stereocenters. The largest absolute Gasteiger partial charge is 0.379 e. The fraction of sp³-hybridized carbons (Fsp3) is 0.455. The van der Waals surface area contributed by atoms with Crippen molar-refractivity contribution >= 4 is 27.1 Å². The molecule has 0 bridgehead atoms. The summed E-state index contributed by atoms with van der Waals surface area (Å²) in [7, 11) is -2.96. The molecule has 1 aromatic rings. The van der Waals surface area contributed by atoms with Crippen molar-refractivity contribution in [3.8, 4) is 0 Å². The summed E-state index contributed by atoms with van der Waals surface area (Å²) in [6.07, 6.45) is 0.797. The zero-order chi connectivity index (χ0) is 13.3. The average Bonchev–Trinajstić information content (AvgIpc) is 2.25. The zero-order valence-electron chi connectivity index (χ0n) is 9.42. The van der Waals surface area contributed by atoms with E-state index >= 15 is 0 Å². The molecule has 1 heterocycles. The number of benzene rings is 1. The first-order chi connectivity index (χ1) is 8.37. The van der Waals surface area contributed by atoms with Crippen LogP contribution < -0.4 is 5.32 Å². The van der Waals surface area contributed by atoms with Crippen LogP contribution in [0.15, 0.2) is 12.1 Å². The van der Waals surface area contributed by atoms with Gasteiger partial charge in [0.1, 0.15) is 15.7 Å². The third-order valence-corrected chi connectivity index (χ3v) is 4.92. The Morgan fingerprint density at radius 1 is 1.22 bits per heavy atom. The zero-order valence-corrected chi connectivity index (χ0v) is 11.0. The Hall–Kier alpha value is -0.880. The van der Waals surface area contributed by atoms with E-state index in [4.69, 9.17) is 11.6 Å². The van der Waals surface area contributed by atoms with Crippen molar-refractivity contribution in [2.45, 2.75) is 18.9 Å². The number of hydrogen-bond donors (Lipinski definition) is 1. The SMILES string of the molecule is O=S1(=O)CCC(Nc2c(F)cc(F)cc2Cl)CC1. The van der Waals surface area contributed by atoms with Crippen LogP contribution >= 0.6 is 11.6 Å². The van der Waals surface area contributed by atoms with Gasteiger partial charge < -0.3 is 5.32 Å². The molecule has 1 saturated heterocycles. The van der Waals surface area contributed by atoms with E-state index in [1.807, 2.05) is 0 Å². The minimum Gasteiger partial charge on any atom is -0.379 e. The minimum absolute atomic E-state index is 0.0300. The van der Waals surface area contributed by atoms with E-state index in [-0.39, 0.29) is 28.3 Å². The highest BCUT2D eigenvalue weighted by molar-refractivity contribution is 7.91. The number of rotatable bonds is 2. The van der Waals surface area contributed by atoms with Crippen LogP contribution in [0.3, 0.4) is 0 Å². The van der Waals surface area contributed by atoms with Crippen molar-refractivity contribution in [2.24, 2.45) is 0 Å². The molecule has 2 rings (SSSR count). The molecule has 0 aliphatic carbocycles. The summed E-state index contributed by atoms with van der Waals surface area (Å²) in [5.74, 6) is -1.36. The third kappa shape index (κ3) is 3.11. The maximum Gasteiger partial charge on any atom is 0.150 e. The Balaban J connectivity index is 2.11. The van der Waals surface area contributed by atoms with Gasteiger partial charge in [-0.05, 0) is 18.9 Å². The van der Waals surface area contributed by atoms with Gasteiger partial charge in [-0.25, -0.2) is 17.2 Å². The highest BCUT2D eigenvalue weighted by Gasteiger charge is 2.24. The van der Waals surface area contributed by atoms with Crippen molar-refractivity contribution in [2.75, 3.05) is 16.8 Å². The summed E-state index contributed by atoms with van der Waals surface area (Å²) in [5, 5.41) is 2.80. The van der Waals surface area contributed by atoms with Crippen LogP contribution in [0.4, 0.5) is 14.5 Å². The first-order valence-electron chi connectivity index (χ1n) is 5.49. The lowest BCUT2D eigenvalue weighted by Gasteiger charge is -2.24. The molecule has 0 atom stereocenters. The second-order valence-corrected chi connectivity index (χ2v) is 7.03. The maximum absolute atomic E-state index is 13.5. The number of halogens is 3. The van der Waals surface area contributed by atoms with Gasteiger partial charge >= 0.3 is 0 Å². The molecule has 1 fully saturated rings. The maximum atomic E-state index is 13.5. The first kappa shape index (κ1) is 13.5. The summed E-state index contributed by atoms with van der Waals surface area (Å²) < 4.78 is 48.9. The number of sulfone groups is 1. The number of nitrogens with one attached hydrogen (secondary N) is 1. The molecule has 1 N–H and O–H groups in total. The minimum atomic E-state index is -2.96. The van der Waals surface area contributed by atoms with Gasteiger partial charge in [-0.15, -0.1) is 0 Å². The van der Waals surface area contributed by atoms with Crippen molar-refractivity contribution in [1.82, 2.24) is 0 Å².